The Balaban J connectivity index is 2.91. The first-order valence-electron chi connectivity index (χ1n) is 6.10. The molecular formula is C13H23NO3. The number of likely N-dealkylation sites (tertiary alicyclic amines) is 1. The number of rotatable bonds is 4. The number of aliphatic hydroxyl groups is 1. The first-order chi connectivity index (χ1) is 7.64. The van der Waals surface area contributed by atoms with Crippen LogP contribution in [0.25, 0.3) is 0 Å². The van der Waals surface area contributed by atoms with E-state index in [9.17, 15) is 14.7 Å². The SMILES string of the molecule is CC(C)C1(C)CC(=O)N(CC(C)(C)CO)C1=O. The van der Waals surface area contributed by atoms with Crippen LogP contribution >= 0.6 is 0 Å². The molecule has 0 aromatic carbocycles. The molecule has 1 saturated heterocycles. The Hall–Kier alpha value is -0.900. The molecule has 1 unspecified atom stereocenters. The van der Waals surface area contributed by atoms with Crippen LogP contribution in [-0.4, -0.2) is 35.0 Å². The van der Waals surface area contributed by atoms with Crippen molar-refractivity contribution in [2.75, 3.05) is 13.2 Å². The van der Waals surface area contributed by atoms with Gasteiger partial charge in [0.15, 0.2) is 0 Å². The van der Waals surface area contributed by atoms with Crippen LogP contribution in [0.3, 0.4) is 0 Å². The van der Waals surface area contributed by atoms with Crippen molar-refractivity contribution in [1.82, 2.24) is 4.90 Å². The fourth-order valence-electron chi connectivity index (χ4n) is 2.00. The molecule has 0 radical (unpaired) electrons. The van der Waals surface area contributed by atoms with Crippen LogP contribution in [0.2, 0.25) is 0 Å². The summed E-state index contributed by atoms with van der Waals surface area (Å²) in [6.07, 6.45) is 0.283. The van der Waals surface area contributed by atoms with Crippen molar-refractivity contribution in [3.05, 3.63) is 0 Å². The third kappa shape index (κ3) is 2.51. The smallest absolute Gasteiger partial charge is 0.235 e. The summed E-state index contributed by atoms with van der Waals surface area (Å²) in [5, 5.41) is 9.22. The van der Waals surface area contributed by atoms with Crippen LogP contribution in [0.5, 0.6) is 0 Å². The average Bonchev–Trinajstić information content (AvgIpc) is 2.43. The van der Waals surface area contributed by atoms with Gasteiger partial charge in [-0.3, -0.25) is 14.5 Å². The number of carbonyl (C=O) groups excluding carboxylic acids is 2. The largest absolute Gasteiger partial charge is 0.396 e. The Morgan fingerprint density at radius 3 is 2.29 bits per heavy atom. The van der Waals surface area contributed by atoms with Gasteiger partial charge in [0.2, 0.25) is 11.8 Å². The summed E-state index contributed by atoms with van der Waals surface area (Å²) >= 11 is 0. The van der Waals surface area contributed by atoms with Gasteiger partial charge in [0.1, 0.15) is 0 Å². The molecule has 1 N–H and O–H groups in total. The van der Waals surface area contributed by atoms with Crippen LogP contribution in [0.1, 0.15) is 41.0 Å². The normalized spacial score (nSPS) is 26.2. The molecular weight excluding hydrogens is 218 g/mol. The molecule has 0 aromatic heterocycles. The zero-order valence-electron chi connectivity index (χ0n) is 11.4. The van der Waals surface area contributed by atoms with Crippen molar-refractivity contribution in [3.63, 3.8) is 0 Å². The van der Waals surface area contributed by atoms with Crippen LogP contribution < -0.4 is 0 Å². The van der Waals surface area contributed by atoms with Crippen molar-refractivity contribution in [1.29, 1.82) is 0 Å². The number of hydrogen-bond donors (Lipinski definition) is 1. The van der Waals surface area contributed by atoms with Crippen molar-refractivity contribution in [3.8, 4) is 0 Å². The molecule has 1 aliphatic rings. The summed E-state index contributed by atoms with van der Waals surface area (Å²) in [6.45, 7) is 9.73. The third-order valence-electron chi connectivity index (χ3n) is 3.84. The maximum atomic E-state index is 12.3. The van der Waals surface area contributed by atoms with Gasteiger partial charge in [-0.25, -0.2) is 0 Å². The van der Waals surface area contributed by atoms with E-state index < -0.39 is 10.8 Å². The Kier molecular flexibility index (Phi) is 3.67. The van der Waals surface area contributed by atoms with E-state index in [2.05, 4.69) is 0 Å². The fourth-order valence-corrected chi connectivity index (χ4v) is 2.00. The Labute approximate surface area is 103 Å². The summed E-state index contributed by atoms with van der Waals surface area (Å²) in [4.78, 5) is 25.5. The lowest BCUT2D eigenvalue weighted by Gasteiger charge is -2.30. The molecule has 0 saturated carbocycles. The highest BCUT2D eigenvalue weighted by Crippen LogP contribution is 2.40. The lowest BCUT2D eigenvalue weighted by molar-refractivity contribution is -0.144. The molecule has 0 bridgehead atoms. The molecule has 1 aliphatic heterocycles. The Morgan fingerprint density at radius 2 is 1.94 bits per heavy atom. The number of hydrogen-bond acceptors (Lipinski definition) is 3. The van der Waals surface area contributed by atoms with Crippen LogP contribution in [-0.2, 0) is 9.59 Å². The summed E-state index contributed by atoms with van der Waals surface area (Å²) in [6, 6.07) is 0. The minimum absolute atomic E-state index is 0.0392. The fraction of sp³-hybridized carbons (Fsp3) is 0.846. The summed E-state index contributed by atoms with van der Waals surface area (Å²) in [7, 11) is 0. The van der Waals surface area contributed by atoms with Crippen LogP contribution in [0.15, 0.2) is 0 Å². The Bertz CT molecular complexity index is 336. The van der Waals surface area contributed by atoms with Crippen molar-refractivity contribution < 1.29 is 14.7 Å². The number of amides is 2. The molecule has 1 rings (SSSR count). The number of carbonyl (C=O) groups is 2. The van der Waals surface area contributed by atoms with E-state index in [0.717, 1.165) is 0 Å². The predicted octanol–water partition coefficient (Wildman–Crippen LogP) is 1.43. The average molecular weight is 241 g/mol. The molecule has 17 heavy (non-hydrogen) atoms. The van der Waals surface area contributed by atoms with Crippen molar-refractivity contribution in [2.24, 2.45) is 16.7 Å². The number of aliphatic hydroxyl groups excluding tert-OH is 1. The third-order valence-corrected chi connectivity index (χ3v) is 3.84. The van der Waals surface area contributed by atoms with Crippen LogP contribution in [0.4, 0.5) is 0 Å². The zero-order chi connectivity index (χ0) is 13.4. The highest BCUT2D eigenvalue weighted by molar-refractivity contribution is 6.05. The van der Waals surface area contributed by atoms with Crippen molar-refractivity contribution >= 4 is 11.8 Å². The molecule has 4 nitrogen and oxygen atoms in total. The lowest BCUT2D eigenvalue weighted by atomic mass is 9.78. The minimum Gasteiger partial charge on any atom is -0.396 e. The standard InChI is InChI=1S/C13H23NO3/c1-9(2)13(5)6-10(16)14(11(13)17)7-12(3,4)8-15/h9,15H,6-8H2,1-5H3. The van der Waals surface area contributed by atoms with Gasteiger partial charge in [0, 0.05) is 25.0 Å². The highest BCUT2D eigenvalue weighted by atomic mass is 16.3. The molecule has 1 heterocycles. The van der Waals surface area contributed by atoms with Gasteiger partial charge in [0.05, 0.1) is 5.41 Å². The summed E-state index contributed by atoms with van der Waals surface area (Å²) in [5.41, 5.74) is -1.02. The number of nitrogens with zero attached hydrogens (tertiary/aromatic N) is 1. The monoisotopic (exact) mass is 241 g/mol. The van der Waals surface area contributed by atoms with E-state index in [1.54, 1.807) is 0 Å². The van der Waals surface area contributed by atoms with Crippen molar-refractivity contribution in [2.45, 2.75) is 41.0 Å². The minimum atomic E-state index is -0.581. The second kappa shape index (κ2) is 4.41. The van der Waals surface area contributed by atoms with Gasteiger partial charge in [-0.2, -0.15) is 0 Å². The van der Waals surface area contributed by atoms with E-state index in [1.165, 1.54) is 4.90 Å². The maximum Gasteiger partial charge on any atom is 0.235 e. The highest BCUT2D eigenvalue weighted by Gasteiger charge is 2.50. The molecule has 0 aromatic rings. The molecule has 0 aliphatic carbocycles. The first kappa shape index (κ1) is 14.2. The molecule has 98 valence electrons. The van der Waals surface area contributed by atoms with Gasteiger partial charge in [-0.05, 0) is 12.8 Å². The maximum absolute atomic E-state index is 12.3. The second-order valence-electron chi connectivity index (χ2n) is 6.36. The van der Waals surface area contributed by atoms with E-state index in [0.29, 0.717) is 6.54 Å². The predicted molar refractivity (Wildman–Crippen MR) is 65.1 cm³/mol. The van der Waals surface area contributed by atoms with E-state index in [4.69, 9.17) is 0 Å². The van der Waals surface area contributed by atoms with Gasteiger partial charge < -0.3 is 5.11 Å². The molecule has 1 atom stereocenters. The topological polar surface area (TPSA) is 57.6 Å². The van der Waals surface area contributed by atoms with Gasteiger partial charge in [-0.1, -0.05) is 27.7 Å². The summed E-state index contributed by atoms with van der Waals surface area (Å²) < 4.78 is 0. The summed E-state index contributed by atoms with van der Waals surface area (Å²) in [5.74, 6) is -0.0760. The molecule has 0 spiro atoms. The quantitative estimate of drug-likeness (QED) is 0.757. The van der Waals surface area contributed by atoms with Gasteiger partial charge in [0.25, 0.3) is 0 Å². The van der Waals surface area contributed by atoms with E-state index in [-0.39, 0.29) is 30.8 Å². The van der Waals surface area contributed by atoms with E-state index in [1.807, 2.05) is 34.6 Å². The molecule has 1 fully saturated rings. The lowest BCUT2D eigenvalue weighted by Crippen LogP contribution is -2.42. The molecule has 2 amide bonds. The van der Waals surface area contributed by atoms with E-state index >= 15 is 0 Å². The van der Waals surface area contributed by atoms with Gasteiger partial charge >= 0.3 is 0 Å². The zero-order valence-corrected chi connectivity index (χ0v) is 11.4. The first-order valence-corrected chi connectivity index (χ1v) is 6.10. The second-order valence-corrected chi connectivity index (χ2v) is 6.36. The number of imide groups is 1. The Morgan fingerprint density at radius 1 is 1.41 bits per heavy atom. The van der Waals surface area contributed by atoms with Gasteiger partial charge in [-0.15, -0.1) is 0 Å². The van der Waals surface area contributed by atoms with Crippen LogP contribution in [0, 0.1) is 16.7 Å². The molecule has 4 heteroatoms.